The third-order valence-electron chi connectivity index (χ3n) is 2.21. The summed E-state index contributed by atoms with van der Waals surface area (Å²) in [6.07, 6.45) is -2.36. The van der Waals surface area contributed by atoms with Crippen molar-refractivity contribution in [1.29, 1.82) is 0 Å². The molecule has 1 aromatic heterocycles. The third-order valence-corrected chi connectivity index (χ3v) is 5.31. The Bertz CT molecular complexity index is 537. The van der Waals surface area contributed by atoms with E-state index >= 15 is 0 Å². The molecule has 1 aromatic carbocycles. The van der Waals surface area contributed by atoms with E-state index in [2.05, 4.69) is 10.2 Å². The maximum Gasteiger partial charge on any atom is 0.416 e. The maximum atomic E-state index is 12.4. The summed E-state index contributed by atoms with van der Waals surface area (Å²) in [5.41, 5.74) is 0.209. The van der Waals surface area contributed by atoms with Gasteiger partial charge in [-0.1, -0.05) is 47.0 Å². The third kappa shape index (κ3) is 4.12. The van der Waals surface area contributed by atoms with Crippen LogP contribution in [0.4, 0.5) is 13.2 Å². The van der Waals surface area contributed by atoms with Crippen molar-refractivity contribution >= 4 is 34.9 Å². The van der Waals surface area contributed by atoms with E-state index in [4.69, 9.17) is 0 Å². The lowest BCUT2D eigenvalue weighted by atomic mass is 10.1. The largest absolute Gasteiger partial charge is 0.416 e. The molecule has 0 fully saturated rings. The number of aromatic nitrogens is 2. The van der Waals surface area contributed by atoms with Crippen LogP contribution in [0.3, 0.4) is 0 Å². The van der Waals surface area contributed by atoms with E-state index < -0.39 is 11.7 Å². The number of nitrogens with zero attached hydrogens (tertiary/aromatic N) is 2. The Kier molecular flexibility index (Phi) is 4.75. The summed E-state index contributed by atoms with van der Waals surface area (Å²) in [4.78, 5) is 0. The smallest absolute Gasteiger partial charge is 0.166 e. The summed E-state index contributed by atoms with van der Waals surface area (Å²) in [6.45, 7) is 0. The molecular formula is C11H9F3N2S3. The Morgan fingerprint density at radius 2 is 1.74 bits per heavy atom. The molecule has 2 rings (SSSR count). The van der Waals surface area contributed by atoms with Crippen molar-refractivity contribution in [3.8, 4) is 0 Å². The molecule has 0 aliphatic carbocycles. The van der Waals surface area contributed by atoms with E-state index in [0.717, 1.165) is 26.4 Å². The van der Waals surface area contributed by atoms with Gasteiger partial charge in [0.2, 0.25) is 0 Å². The molecule has 0 saturated carbocycles. The van der Waals surface area contributed by atoms with Crippen molar-refractivity contribution in [3.63, 3.8) is 0 Å². The number of hydrogen-bond donors (Lipinski definition) is 0. The fourth-order valence-electron chi connectivity index (χ4n) is 1.27. The van der Waals surface area contributed by atoms with Crippen molar-refractivity contribution < 1.29 is 13.2 Å². The molecule has 0 N–H and O–H groups in total. The van der Waals surface area contributed by atoms with Gasteiger partial charge in [0.1, 0.15) is 0 Å². The Labute approximate surface area is 120 Å². The summed E-state index contributed by atoms with van der Waals surface area (Å²) in [5.74, 6) is 0.584. The SMILES string of the molecule is CSc1nnc(SCc2ccc(C(F)(F)F)cc2)s1. The summed E-state index contributed by atoms with van der Waals surface area (Å²) < 4.78 is 38.9. The normalized spacial score (nSPS) is 11.8. The standard InChI is InChI=1S/C11H9F3N2S3/c1-17-9-15-16-10(19-9)18-6-7-2-4-8(5-3-7)11(12,13)14/h2-5H,6H2,1H3. The summed E-state index contributed by atoms with van der Waals surface area (Å²) in [7, 11) is 0. The molecule has 0 saturated heterocycles. The molecule has 19 heavy (non-hydrogen) atoms. The molecule has 1 heterocycles. The highest BCUT2D eigenvalue weighted by molar-refractivity contribution is 8.02. The van der Waals surface area contributed by atoms with Crippen LogP contribution in [0.25, 0.3) is 0 Å². The van der Waals surface area contributed by atoms with Gasteiger partial charge >= 0.3 is 6.18 Å². The second-order valence-corrected chi connectivity index (χ2v) is 6.77. The van der Waals surface area contributed by atoms with E-state index in [0.29, 0.717) is 5.75 Å². The first kappa shape index (κ1) is 14.7. The molecule has 0 aliphatic rings. The molecule has 102 valence electrons. The van der Waals surface area contributed by atoms with Crippen LogP contribution in [0, 0.1) is 0 Å². The molecule has 8 heteroatoms. The molecule has 0 bridgehead atoms. The van der Waals surface area contributed by atoms with E-state index in [1.807, 2.05) is 6.26 Å². The van der Waals surface area contributed by atoms with Crippen LogP contribution in [-0.2, 0) is 11.9 Å². The monoisotopic (exact) mass is 322 g/mol. The Balaban J connectivity index is 1.96. The molecule has 0 aliphatic heterocycles. The predicted molar refractivity (Wildman–Crippen MR) is 72.7 cm³/mol. The van der Waals surface area contributed by atoms with Gasteiger partial charge in [-0.05, 0) is 24.0 Å². The van der Waals surface area contributed by atoms with Crippen LogP contribution in [-0.4, -0.2) is 16.5 Å². The lowest BCUT2D eigenvalue weighted by molar-refractivity contribution is -0.137. The van der Waals surface area contributed by atoms with Crippen molar-refractivity contribution in [2.45, 2.75) is 20.6 Å². The molecule has 0 spiro atoms. The molecule has 0 unspecified atom stereocenters. The zero-order valence-corrected chi connectivity index (χ0v) is 12.2. The quantitative estimate of drug-likeness (QED) is 0.770. The lowest BCUT2D eigenvalue weighted by Crippen LogP contribution is -2.04. The maximum absolute atomic E-state index is 12.4. The molecule has 0 amide bonds. The number of benzene rings is 1. The fourth-order valence-corrected chi connectivity index (χ4v) is 3.67. The van der Waals surface area contributed by atoms with Crippen LogP contribution in [0.1, 0.15) is 11.1 Å². The number of halogens is 3. The van der Waals surface area contributed by atoms with Gasteiger partial charge in [-0.25, -0.2) is 0 Å². The van der Waals surface area contributed by atoms with Gasteiger partial charge in [-0.3, -0.25) is 0 Å². The van der Waals surface area contributed by atoms with Gasteiger partial charge in [0, 0.05) is 5.75 Å². The van der Waals surface area contributed by atoms with Gasteiger partial charge in [0.15, 0.2) is 8.68 Å². The Morgan fingerprint density at radius 3 is 2.26 bits per heavy atom. The number of thioether (sulfide) groups is 2. The molecule has 2 aromatic rings. The molecule has 2 nitrogen and oxygen atoms in total. The molecule has 0 atom stereocenters. The minimum absolute atomic E-state index is 0.584. The first-order valence-electron chi connectivity index (χ1n) is 5.15. The Morgan fingerprint density at radius 1 is 1.11 bits per heavy atom. The minimum atomic E-state index is -4.28. The highest BCUT2D eigenvalue weighted by Gasteiger charge is 2.29. The van der Waals surface area contributed by atoms with Crippen LogP contribution in [0.5, 0.6) is 0 Å². The molecule has 0 radical (unpaired) electrons. The number of rotatable bonds is 4. The van der Waals surface area contributed by atoms with Crippen LogP contribution < -0.4 is 0 Å². The van der Waals surface area contributed by atoms with Crippen molar-refractivity contribution in [1.82, 2.24) is 10.2 Å². The number of alkyl halides is 3. The van der Waals surface area contributed by atoms with E-state index in [-0.39, 0.29) is 0 Å². The second-order valence-electron chi connectivity index (χ2n) is 3.52. The topological polar surface area (TPSA) is 25.8 Å². The van der Waals surface area contributed by atoms with Gasteiger partial charge in [-0.2, -0.15) is 13.2 Å². The summed E-state index contributed by atoms with van der Waals surface area (Å²) in [5, 5.41) is 7.94. The lowest BCUT2D eigenvalue weighted by Gasteiger charge is -2.06. The Hall–Kier alpha value is -0.730. The minimum Gasteiger partial charge on any atom is -0.166 e. The van der Waals surface area contributed by atoms with Crippen LogP contribution in [0.2, 0.25) is 0 Å². The molecular weight excluding hydrogens is 313 g/mol. The average Bonchev–Trinajstić information content (AvgIpc) is 2.84. The summed E-state index contributed by atoms with van der Waals surface area (Å²) in [6, 6.07) is 5.19. The highest BCUT2D eigenvalue weighted by atomic mass is 32.2. The van der Waals surface area contributed by atoms with Crippen molar-refractivity contribution in [3.05, 3.63) is 35.4 Å². The van der Waals surface area contributed by atoms with E-state index in [9.17, 15) is 13.2 Å². The predicted octanol–water partition coefficient (Wildman–Crippen LogP) is 4.57. The van der Waals surface area contributed by atoms with Gasteiger partial charge in [0.25, 0.3) is 0 Å². The van der Waals surface area contributed by atoms with E-state index in [1.165, 1.54) is 47.0 Å². The number of hydrogen-bond acceptors (Lipinski definition) is 5. The van der Waals surface area contributed by atoms with E-state index in [1.54, 1.807) is 0 Å². The summed E-state index contributed by atoms with van der Waals surface area (Å²) >= 11 is 4.48. The second kappa shape index (κ2) is 6.15. The first-order valence-corrected chi connectivity index (χ1v) is 8.18. The van der Waals surface area contributed by atoms with Gasteiger partial charge < -0.3 is 0 Å². The van der Waals surface area contributed by atoms with Crippen molar-refractivity contribution in [2.24, 2.45) is 0 Å². The van der Waals surface area contributed by atoms with Gasteiger partial charge in [-0.15, -0.1) is 10.2 Å². The zero-order valence-electron chi connectivity index (χ0n) is 9.77. The van der Waals surface area contributed by atoms with Crippen LogP contribution >= 0.6 is 34.9 Å². The van der Waals surface area contributed by atoms with Crippen LogP contribution in [0.15, 0.2) is 32.9 Å². The fraction of sp³-hybridized carbons (Fsp3) is 0.273. The highest BCUT2D eigenvalue weighted by Crippen LogP contribution is 2.32. The van der Waals surface area contributed by atoms with Gasteiger partial charge in [0.05, 0.1) is 5.56 Å². The zero-order chi connectivity index (χ0) is 13.9. The average molecular weight is 322 g/mol. The first-order chi connectivity index (χ1) is 8.99. The van der Waals surface area contributed by atoms with Crippen molar-refractivity contribution in [2.75, 3.05) is 6.26 Å².